The molecule has 2 aliphatic carbocycles. The number of carbonyl (C=O) groups is 1. The Morgan fingerprint density at radius 3 is 2.89 bits per heavy atom. The van der Waals surface area contributed by atoms with Crippen molar-refractivity contribution >= 4 is 23.2 Å². The molecule has 2 saturated carbocycles. The molecule has 0 heterocycles. The molecule has 0 saturated heterocycles. The number of carbonyl (C=O) groups excluding carboxylic acids is 1. The first kappa shape index (κ1) is 12.8. The number of rotatable bonds is 3. The first-order chi connectivity index (χ1) is 9.11. The van der Waals surface area contributed by atoms with Crippen LogP contribution in [0.5, 0.6) is 5.75 Å². The van der Waals surface area contributed by atoms with Gasteiger partial charge in [0, 0.05) is 11.4 Å². The molecule has 0 spiro atoms. The zero-order chi connectivity index (χ0) is 13.4. The lowest BCUT2D eigenvalue weighted by Gasteiger charge is -2.21. The molecule has 3 nitrogen and oxygen atoms in total. The third kappa shape index (κ3) is 2.71. The summed E-state index contributed by atoms with van der Waals surface area (Å²) in [6.45, 7) is 0. The van der Waals surface area contributed by atoms with Crippen LogP contribution in [0.25, 0.3) is 0 Å². The molecule has 1 aromatic carbocycles. The van der Waals surface area contributed by atoms with E-state index in [1.165, 1.54) is 31.7 Å². The summed E-state index contributed by atoms with van der Waals surface area (Å²) in [5.41, 5.74) is 0.403. The van der Waals surface area contributed by atoms with Crippen LogP contribution in [0.3, 0.4) is 0 Å². The van der Waals surface area contributed by atoms with Crippen LogP contribution in [0.2, 0.25) is 5.02 Å². The predicted octanol–water partition coefficient (Wildman–Crippen LogP) is 3.81. The van der Waals surface area contributed by atoms with Crippen molar-refractivity contribution in [2.45, 2.75) is 32.1 Å². The summed E-state index contributed by atoms with van der Waals surface area (Å²) in [6, 6.07) is 4.67. The lowest BCUT2D eigenvalue weighted by molar-refractivity contribution is -0.117. The second kappa shape index (κ2) is 5.04. The Hall–Kier alpha value is -1.22. The van der Waals surface area contributed by atoms with Crippen LogP contribution in [-0.4, -0.2) is 11.0 Å². The minimum Gasteiger partial charge on any atom is -0.506 e. The number of halogens is 1. The first-order valence-corrected chi connectivity index (χ1v) is 7.28. The van der Waals surface area contributed by atoms with Crippen molar-refractivity contribution in [1.82, 2.24) is 0 Å². The molecule has 0 aromatic heterocycles. The highest BCUT2D eigenvalue weighted by Crippen LogP contribution is 2.49. The molecule has 0 aliphatic heterocycles. The van der Waals surface area contributed by atoms with Crippen molar-refractivity contribution in [2.75, 3.05) is 5.32 Å². The number of amides is 1. The highest BCUT2D eigenvalue weighted by atomic mass is 35.5. The average Bonchev–Trinajstić information content (AvgIpc) is 2.96. The first-order valence-electron chi connectivity index (χ1n) is 6.90. The molecule has 1 amide bonds. The maximum absolute atomic E-state index is 12.0. The van der Waals surface area contributed by atoms with Gasteiger partial charge in [-0.15, -0.1) is 0 Å². The average molecular weight is 280 g/mol. The quantitative estimate of drug-likeness (QED) is 0.827. The number of nitrogens with one attached hydrogen (secondary N) is 1. The minimum atomic E-state index is -0.0184. The lowest BCUT2D eigenvalue weighted by atomic mass is 9.86. The fraction of sp³-hybridized carbons (Fsp3) is 0.533. The number of hydrogen-bond donors (Lipinski definition) is 2. The zero-order valence-electron chi connectivity index (χ0n) is 10.7. The summed E-state index contributed by atoms with van der Waals surface area (Å²) in [7, 11) is 0. The maximum atomic E-state index is 12.0. The van der Waals surface area contributed by atoms with Crippen LogP contribution in [-0.2, 0) is 4.79 Å². The maximum Gasteiger partial charge on any atom is 0.224 e. The van der Waals surface area contributed by atoms with E-state index in [0.29, 0.717) is 23.0 Å². The number of hydrogen-bond acceptors (Lipinski definition) is 2. The molecule has 4 heteroatoms. The van der Waals surface area contributed by atoms with Crippen LogP contribution in [0, 0.1) is 17.8 Å². The topological polar surface area (TPSA) is 49.3 Å². The molecule has 1 aromatic rings. The molecule has 0 radical (unpaired) electrons. The molecule has 3 atom stereocenters. The van der Waals surface area contributed by atoms with Crippen LogP contribution in [0.1, 0.15) is 32.1 Å². The molecule has 2 fully saturated rings. The summed E-state index contributed by atoms with van der Waals surface area (Å²) >= 11 is 5.86. The van der Waals surface area contributed by atoms with Crippen molar-refractivity contribution in [3.05, 3.63) is 23.2 Å². The Morgan fingerprint density at radius 1 is 1.37 bits per heavy atom. The summed E-state index contributed by atoms with van der Waals surface area (Å²) in [5, 5.41) is 12.9. The number of anilines is 1. The third-order valence-electron chi connectivity index (χ3n) is 4.56. The van der Waals surface area contributed by atoms with Crippen molar-refractivity contribution in [2.24, 2.45) is 17.8 Å². The standard InChI is InChI=1S/C15H18ClNO2/c16-12-3-4-14(18)13(8-12)17-15(19)7-11-6-9-1-2-10(11)5-9/h3-4,8-11,18H,1-2,5-7H2,(H,17,19). The van der Waals surface area contributed by atoms with Crippen molar-refractivity contribution in [3.8, 4) is 5.75 Å². The summed E-state index contributed by atoms with van der Waals surface area (Å²) < 4.78 is 0. The lowest BCUT2D eigenvalue weighted by Crippen LogP contribution is -2.20. The van der Waals surface area contributed by atoms with Gasteiger partial charge < -0.3 is 10.4 Å². The van der Waals surface area contributed by atoms with E-state index in [2.05, 4.69) is 5.32 Å². The van der Waals surface area contributed by atoms with E-state index in [1.807, 2.05) is 0 Å². The summed E-state index contributed by atoms with van der Waals surface area (Å²) in [4.78, 5) is 12.0. The largest absolute Gasteiger partial charge is 0.506 e. The normalized spacial score (nSPS) is 28.6. The molecule has 19 heavy (non-hydrogen) atoms. The minimum absolute atomic E-state index is 0.0184. The molecular weight excluding hydrogens is 262 g/mol. The van der Waals surface area contributed by atoms with Crippen molar-refractivity contribution in [1.29, 1.82) is 0 Å². The molecular formula is C15H18ClNO2. The van der Waals surface area contributed by atoms with Crippen LogP contribution in [0.4, 0.5) is 5.69 Å². The molecule has 3 rings (SSSR count). The Labute approximate surface area is 118 Å². The van der Waals surface area contributed by atoms with Gasteiger partial charge in [0.1, 0.15) is 5.75 Å². The third-order valence-corrected chi connectivity index (χ3v) is 4.80. The predicted molar refractivity (Wildman–Crippen MR) is 75.3 cm³/mol. The highest BCUT2D eigenvalue weighted by Gasteiger charge is 2.40. The second-order valence-corrected chi connectivity index (χ2v) is 6.29. The second-order valence-electron chi connectivity index (χ2n) is 5.85. The van der Waals surface area contributed by atoms with E-state index in [0.717, 1.165) is 11.8 Å². The highest BCUT2D eigenvalue weighted by molar-refractivity contribution is 6.31. The van der Waals surface area contributed by atoms with E-state index in [1.54, 1.807) is 12.1 Å². The van der Waals surface area contributed by atoms with Gasteiger partial charge in [0.2, 0.25) is 5.91 Å². The van der Waals surface area contributed by atoms with E-state index in [4.69, 9.17) is 11.6 Å². The van der Waals surface area contributed by atoms with Crippen LogP contribution < -0.4 is 5.32 Å². The number of benzene rings is 1. The van der Waals surface area contributed by atoms with Gasteiger partial charge >= 0.3 is 0 Å². The monoisotopic (exact) mass is 279 g/mol. The number of aromatic hydroxyl groups is 1. The van der Waals surface area contributed by atoms with Gasteiger partial charge in [0.05, 0.1) is 5.69 Å². The summed E-state index contributed by atoms with van der Waals surface area (Å²) in [6.07, 6.45) is 5.69. The fourth-order valence-corrected chi connectivity index (χ4v) is 3.85. The Kier molecular flexibility index (Phi) is 3.40. The number of phenolic OH excluding ortho intramolecular Hbond substituents is 1. The Balaban J connectivity index is 1.61. The Bertz CT molecular complexity index is 503. The SMILES string of the molecule is O=C(CC1CC2CCC1C2)Nc1cc(Cl)ccc1O. The Morgan fingerprint density at radius 2 is 2.21 bits per heavy atom. The van der Waals surface area contributed by atoms with Crippen molar-refractivity contribution in [3.63, 3.8) is 0 Å². The van der Waals surface area contributed by atoms with Crippen LogP contribution >= 0.6 is 11.6 Å². The van der Waals surface area contributed by atoms with Gasteiger partial charge in [-0.3, -0.25) is 4.79 Å². The smallest absolute Gasteiger partial charge is 0.224 e. The van der Waals surface area contributed by atoms with Gasteiger partial charge in [-0.05, 0) is 55.2 Å². The van der Waals surface area contributed by atoms with E-state index in [-0.39, 0.29) is 11.7 Å². The summed E-state index contributed by atoms with van der Waals surface area (Å²) in [5.74, 6) is 2.16. The number of phenols is 1. The fourth-order valence-electron chi connectivity index (χ4n) is 3.67. The molecule has 2 aliphatic rings. The molecule has 2 N–H and O–H groups in total. The van der Waals surface area contributed by atoms with Gasteiger partial charge in [-0.1, -0.05) is 18.0 Å². The van der Waals surface area contributed by atoms with E-state index < -0.39 is 0 Å². The van der Waals surface area contributed by atoms with E-state index in [9.17, 15) is 9.90 Å². The zero-order valence-corrected chi connectivity index (χ0v) is 11.5. The van der Waals surface area contributed by atoms with Gasteiger partial charge in [0.15, 0.2) is 0 Å². The van der Waals surface area contributed by atoms with Gasteiger partial charge in [-0.25, -0.2) is 0 Å². The van der Waals surface area contributed by atoms with Crippen LogP contribution in [0.15, 0.2) is 18.2 Å². The van der Waals surface area contributed by atoms with Gasteiger partial charge in [-0.2, -0.15) is 0 Å². The number of fused-ring (bicyclic) bond motifs is 2. The molecule has 3 unspecified atom stereocenters. The van der Waals surface area contributed by atoms with Crippen molar-refractivity contribution < 1.29 is 9.90 Å². The van der Waals surface area contributed by atoms with E-state index >= 15 is 0 Å². The molecule has 102 valence electrons. The molecule has 2 bridgehead atoms. The van der Waals surface area contributed by atoms with Gasteiger partial charge in [0.25, 0.3) is 0 Å².